The monoisotopic (exact) mass is 210 g/mol. The Morgan fingerprint density at radius 2 is 2.13 bits per heavy atom. The van der Waals surface area contributed by atoms with E-state index in [9.17, 15) is 9.59 Å². The molecule has 1 aliphatic carbocycles. The second-order valence-electron chi connectivity index (χ2n) is 3.70. The van der Waals surface area contributed by atoms with Crippen molar-refractivity contribution in [3.63, 3.8) is 0 Å². The second kappa shape index (κ2) is 4.29. The zero-order valence-corrected chi connectivity index (χ0v) is 9.03. The molecule has 0 fully saturated rings. The Labute approximate surface area is 88.2 Å². The minimum absolute atomic E-state index is 0.0438. The van der Waals surface area contributed by atoms with Crippen molar-refractivity contribution in [2.24, 2.45) is 5.92 Å². The first-order valence-electron chi connectivity index (χ1n) is 4.72. The van der Waals surface area contributed by atoms with E-state index in [0.29, 0.717) is 5.76 Å². The van der Waals surface area contributed by atoms with Crippen LogP contribution in [0.3, 0.4) is 0 Å². The zero-order valence-electron chi connectivity index (χ0n) is 9.03. The highest BCUT2D eigenvalue weighted by Gasteiger charge is 2.26. The van der Waals surface area contributed by atoms with Crippen molar-refractivity contribution in [1.82, 2.24) is 0 Å². The summed E-state index contributed by atoms with van der Waals surface area (Å²) in [6, 6.07) is 0. The van der Waals surface area contributed by atoms with Gasteiger partial charge >= 0.3 is 5.97 Å². The molecule has 1 rings (SSSR count). The number of ether oxygens (including phenoxy) is 1. The summed E-state index contributed by atoms with van der Waals surface area (Å²) >= 11 is 0. The average Bonchev–Trinajstić information content (AvgIpc) is 2.16. The lowest BCUT2D eigenvalue weighted by molar-refractivity contribution is -0.134. The summed E-state index contributed by atoms with van der Waals surface area (Å²) in [4.78, 5) is 22.2. The van der Waals surface area contributed by atoms with Gasteiger partial charge in [0.1, 0.15) is 11.3 Å². The molecule has 0 amide bonds. The standard InChI is InChI=1S/C11H14O4/c1-6(2)7-4-8(11(13)14)9(12)5-10(7)15-3/h4,6H,5H2,1-3H3,(H,13,14). The van der Waals surface area contributed by atoms with Gasteiger partial charge in [0.25, 0.3) is 0 Å². The molecule has 0 aromatic carbocycles. The van der Waals surface area contributed by atoms with Gasteiger partial charge in [-0.05, 0) is 17.6 Å². The molecule has 0 aromatic heterocycles. The third-order valence-electron chi connectivity index (χ3n) is 2.34. The number of methoxy groups -OCH3 is 1. The first kappa shape index (κ1) is 11.5. The van der Waals surface area contributed by atoms with Crippen molar-refractivity contribution in [1.29, 1.82) is 0 Å². The van der Waals surface area contributed by atoms with E-state index in [1.54, 1.807) is 0 Å². The van der Waals surface area contributed by atoms with Gasteiger partial charge in [0.15, 0.2) is 5.78 Å². The predicted molar refractivity (Wildman–Crippen MR) is 54.2 cm³/mol. The topological polar surface area (TPSA) is 63.6 Å². The summed E-state index contributed by atoms with van der Waals surface area (Å²) in [5.41, 5.74) is 0.633. The molecule has 1 aliphatic rings. The van der Waals surface area contributed by atoms with E-state index in [2.05, 4.69) is 0 Å². The van der Waals surface area contributed by atoms with Crippen LogP contribution in [0, 0.1) is 5.92 Å². The normalized spacial score (nSPS) is 16.8. The summed E-state index contributed by atoms with van der Waals surface area (Å²) < 4.78 is 5.08. The summed E-state index contributed by atoms with van der Waals surface area (Å²) in [7, 11) is 1.49. The molecule has 15 heavy (non-hydrogen) atoms. The van der Waals surface area contributed by atoms with E-state index < -0.39 is 11.8 Å². The van der Waals surface area contributed by atoms with Crippen LogP contribution < -0.4 is 0 Å². The van der Waals surface area contributed by atoms with Crippen molar-refractivity contribution in [2.45, 2.75) is 20.3 Å². The van der Waals surface area contributed by atoms with Crippen LogP contribution in [0.15, 0.2) is 23.0 Å². The molecule has 0 saturated heterocycles. The number of ketones is 1. The molecule has 4 heteroatoms. The Hall–Kier alpha value is -1.58. The Balaban J connectivity index is 3.19. The Morgan fingerprint density at radius 1 is 1.53 bits per heavy atom. The van der Waals surface area contributed by atoms with Crippen LogP contribution in [0.2, 0.25) is 0 Å². The number of Topliss-reactive ketones (excluding diaryl/α,β-unsaturated/α-hetero) is 1. The summed E-state index contributed by atoms with van der Waals surface area (Å²) in [5, 5.41) is 8.81. The van der Waals surface area contributed by atoms with Crippen LogP contribution in [0.1, 0.15) is 20.3 Å². The maximum atomic E-state index is 11.4. The molecule has 0 heterocycles. The molecule has 1 N–H and O–H groups in total. The molecular weight excluding hydrogens is 196 g/mol. The van der Waals surface area contributed by atoms with Crippen LogP contribution in [0.25, 0.3) is 0 Å². The number of carbonyl (C=O) groups excluding carboxylic acids is 1. The fourth-order valence-corrected chi connectivity index (χ4v) is 1.52. The lowest BCUT2D eigenvalue weighted by Crippen LogP contribution is -2.19. The van der Waals surface area contributed by atoms with Gasteiger partial charge in [-0.2, -0.15) is 0 Å². The number of aliphatic carboxylic acids is 1. The van der Waals surface area contributed by atoms with E-state index >= 15 is 0 Å². The highest BCUT2D eigenvalue weighted by Crippen LogP contribution is 2.27. The molecule has 0 spiro atoms. The number of hydrogen-bond acceptors (Lipinski definition) is 3. The van der Waals surface area contributed by atoms with Gasteiger partial charge in [-0.1, -0.05) is 13.8 Å². The molecule has 0 saturated carbocycles. The minimum Gasteiger partial charge on any atom is -0.500 e. The average molecular weight is 210 g/mol. The third-order valence-corrected chi connectivity index (χ3v) is 2.34. The molecule has 0 unspecified atom stereocenters. The molecule has 82 valence electrons. The summed E-state index contributed by atoms with van der Waals surface area (Å²) in [6.07, 6.45) is 1.46. The summed E-state index contributed by atoms with van der Waals surface area (Å²) in [5.74, 6) is -0.862. The van der Waals surface area contributed by atoms with Gasteiger partial charge in [0.2, 0.25) is 0 Å². The zero-order chi connectivity index (χ0) is 11.6. The van der Waals surface area contributed by atoms with Crippen molar-refractivity contribution in [3.8, 4) is 0 Å². The Morgan fingerprint density at radius 3 is 2.53 bits per heavy atom. The lowest BCUT2D eigenvalue weighted by atomic mass is 9.90. The van der Waals surface area contributed by atoms with Crippen molar-refractivity contribution in [2.75, 3.05) is 7.11 Å². The highest BCUT2D eigenvalue weighted by molar-refractivity contribution is 6.18. The summed E-state index contributed by atoms with van der Waals surface area (Å²) in [6.45, 7) is 3.86. The molecule has 4 nitrogen and oxygen atoms in total. The van der Waals surface area contributed by atoms with Crippen LogP contribution in [-0.2, 0) is 14.3 Å². The Bertz CT molecular complexity index is 361. The first-order valence-corrected chi connectivity index (χ1v) is 4.72. The van der Waals surface area contributed by atoms with Gasteiger partial charge in [-0.15, -0.1) is 0 Å². The SMILES string of the molecule is COC1=C(C(C)C)C=C(C(=O)O)C(=O)C1. The minimum atomic E-state index is -1.17. The van der Waals surface area contributed by atoms with Gasteiger partial charge in [-0.25, -0.2) is 4.79 Å². The van der Waals surface area contributed by atoms with Crippen molar-refractivity contribution in [3.05, 3.63) is 23.0 Å². The smallest absolute Gasteiger partial charge is 0.339 e. The molecule has 0 aliphatic heterocycles. The largest absolute Gasteiger partial charge is 0.500 e. The van der Waals surface area contributed by atoms with E-state index in [1.165, 1.54) is 13.2 Å². The van der Waals surface area contributed by atoms with E-state index in [1.807, 2.05) is 13.8 Å². The maximum Gasteiger partial charge on any atom is 0.339 e. The van der Waals surface area contributed by atoms with Gasteiger partial charge in [-0.3, -0.25) is 4.79 Å². The quantitative estimate of drug-likeness (QED) is 0.717. The van der Waals surface area contributed by atoms with Gasteiger partial charge in [0, 0.05) is 0 Å². The number of carboxylic acids is 1. The van der Waals surface area contributed by atoms with Crippen LogP contribution in [0.4, 0.5) is 0 Å². The van der Waals surface area contributed by atoms with Crippen molar-refractivity contribution >= 4 is 11.8 Å². The lowest BCUT2D eigenvalue weighted by Gasteiger charge is -2.19. The molecule has 0 radical (unpaired) electrons. The van der Waals surface area contributed by atoms with Gasteiger partial charge in [0.05, 0.1) is 13.5 Å². The predicted octanol–water partition coefficient (Wildman–Crippen LogP) is 1.53. The highest BCUT2D eigenvalue weighted by atomic mass is 16.5. The first-order chi connectivity index (χ1) is 6.97. The number of carbonyl (C=O) groups is 2. The second-order valence-corrected chi connectivity index (χ2v) is 3.70. The number of allylic oxidation sites excluding steroid dienone is 3. The third kappa shape index (κ3) is 2.26. The molecular formula is C11H14O4. The van der Waals surface area contributed by atoms with Crippen LogP contribution >= 0.6 is 0 Å². The maximum absolute atomic E-state index is 11.4. The fourth-order valence-electron chi connectivity index (χ4n) is 1.52. The molecule has 0 aromatic rings. The fraction of sp³-hybridized carbons (Fsp3) is 0.455. The van der Waals surface area contributed by atoms with Gasteiger partial charge < -0.3 is 9.84 Å². The van der Waals surface area contributed by atoms with E-state index in [0.717, 1.165) is 5.57 Å². The number of carboxylic acid groups (broad SMARTS) is 1. The van der Waals surface area contributed by atoms with E-state index in [4.69, 9.17) is 9.84 Å². The molecule has 0 atom stereocenters. The van der Waals surface area contributed by atoms with Crippen LogP contribution in [-0.4, -0.2) is 24.0 Å². The number of rotatable bonds is 3. The Kier molecular flexibility index (Phi) is 3.29. The number of hydrogen-bond donors (Lipinski definition) is 1. The van der Waals surface area contributed by atoms with Crippen molar-refractivity contribution < 1.29 is 19.4 Å². The van der Waals surface area contributed by atoms with E-state index in [-0.39, 0.29) is 17.9 Å². The molecule has 0 bridgehead atoms. The van der Waals surface area contributed by atoms with Crippen LogP contribution in [0.5, 0.6) is 0 Å².